The van der Waals surface area contributed by atoms with E-state index in [0.717, 1.165) is 44.9 Å². The minimum absolute atomic E-state index is 0.0129. The van der Waals surface area contributed by atoms with E-state index in [2.05, 4.69) is 43.5 Å². The first-order chi connectivity index (χ1) is 39.0. The van der Waals surface area contributed by atoms with Crippen molar-refractivity contribution in [1.29, 1.82) is 0 Å². The maximum Gasteiger partial charge on any atom is 0.305 e. The number of allylic oxidation sites excluding steroid dienone is 5. The first-order valence-corrected chi connectivity index (χ1v) is 35.8. The molecule has 2 atom stereocenters. The van der Waals surface area contributed by atoms with Crippen LogP contribution in [-0.4, -0.2) is 47.4 Å². The smallest absolute Gasteiger partial charge is 0.305 e. The Morgan fingerprint density at radius 3 is 0.899 bits per heavy atom. The predicted octanol–water partition coefficient (Wildman–Crippen LogP) is 23.1. The fraction of sp³-hybridized carbons (Fsp3) is 0.890. The van der Waals surface area contributed by atoms with Gasteiger partial charge in [-0.05, 0) is 83.5 Å². The van der Waals surface area contributed by atoms with Crippen molar-refractivity contribution in [3.63, 3.8) is 0 Å². The SMILES string of the molecule is CCCCCCC/C=C\CCCCCCCC(=O)OCCCCCCCCCCCCCCCCCC/C=C\CCCCCCCCCCCCCCCCCCCC(=O)NC(CO)C(O)/C=C/CCCCCCCCCCC. The van der Waals surface area contributed by atoms with E-state index < -0.39 is 12.1 Å². The van der Waals surface area contributed by atoms with Gasteiger partial charge in [0.2, 0.25) is 5.91 Å². The van der Waals surface area contributed by atoms with E-state index in [4.69, 9.17) is 4.74 Å². The van der Waals surface area contributed by atoms with Gasteiger partial charge < -0.3 is 20.3 Å². The molecule has 0 aromatic carbocycles. The molecule has 1 amide bonds. The molecule has 2 unspecified atom stereocenters. The quantitative estimate of drug-likeness (QED) is 0.0320. The van der Waals surface area contributed by atoms with Crippen LogP contribution in [0.3, 0.4) is 0 Å². The van der Waals surface area contributed by atoms with Crippen LogP contribution in [0.15, 0.2) is 36.5 Å². The Morgan fingerprint density at radius 2 is 0.595 bits per heavy atom. The average Bonchev–Trinajstić information content (AvgIpc) is 3.45. The normalized spacial score (nSPS) is 12.7. The van der Waals surface area contributed by atoms with E-state index in [1.54, 1.807) is 6.08 Å². The molecule has 0 saturated carbocycles. The lowest BCUT2D eigenvalue weighted by Crippen LogP contribution is -2.45. The molecule has 3 N–H and O–H groups in total. The summed E-state index contributed by atoms with van der Waals surface area (Å²) in [6.07, 6.45) is 88.2. The summed E-state index contributed by atoms with van der Waals surface area (Å²) < 4.78 is 5.49. The highest BCUT2D eigenvalue weighted by atomic mass is 16.5. The summed E-state index contributed by atoms with van der Waals surface area (Å²) in [6, 6.07) is -0.623. The van der Waals surface area contributed by atoms with Crippen LogP contribution in [0, 0.1) is 0 Å². The van der Waals surface area contributed by atoms with Gasteiger partial charge in [-0.2, -0.15) is 0 Å². The van der Waals surface area contributed by atoms with Gasteiger partial charge in [0.25, 0.3) is 0 Å². The van der Waals surface area contributed by atoms with Crippen LogP contribution < -0.4 is 5.32 Å². The highest BCUT2D eigenvalue weighted by Crippen LogP contribution is 2.18. The first kappa shape index (κ1) is 77.1. The second-order valence-corrected chi connectivity index (χ2v) is 24.6. The number of hydrogen-bond donors (Lipinski definition) is 3. The zero-order chi connectivity index (χ0) is 57.1. The summed E-state index contributed by atoms with van der Waals surface area (Å²) in [5.41, 5.74) is 0. The highest BCUT2D eigenvalue weighted by Gasteiger charge is 2.18. The molecule has 0 fully saturated rings. The van der Waals surface area contributed by atoms with Crippen LogP contribution in [0.4, 0.5) is 0 Å². The molecule has 0 saturated heterocycles. The lowest BCUT2D eigenvalue weighted by Gasteiger charge is -2.20. The van der Waals surface area contributed by atoms with Gasteiger partial charge in [-0.3, -0.25) is 9.59 Å². The molecule has 0 aromatic heterocycles. The number of ether oxygens (including phenoxy) is 1. The van der Waals surface area contributed by atoms with E-state index in [-0.39, 0.29) is 18.5 Å². The summed E-state index contributed by atoms with van der Waals surface area (Å²) in [5, 5.41) is 23.1. The number of aliphatic hydroxyl groups excluding tert-OH is 2. The number of carbonyl (C=O) groups is 2. The van der Waals surface area contributed by atoms with Gasteiger partial charge in [0.1, 0.15) is 0 Å². The van der Waals surface area contributed by atoms with E-state index in [1.165, 1.54) is 321 Å². The molecular formula is C73H139NO5. The fourth-order valence-corrected chi connectivity index (χ4v) is 11.2. The summed E-state index contributed by atoms with van der Waals surface area (Å²) in [5.74, 6) is -0.0510. The number of amides is 1. The lowest BCUT2D eigenvalue weighted by atomic mass is 10.0. The van der Waals surface area contributed by atoms with E-state index in [9.17, 15) is 19.8 Å². The van der Waals surface area contributed by atoms with Crippen molar-refractivity contribution >= 4 is 11.9 Å². The van der Waals surface area contributed by atoms with Crippen LogP contribution in [0.1, 0.15) is 393 Å². The van der Waals surface area contributed by atoms with Crippen LogP contribution in [-0.2, 0) is 14.3 Å². The van der Waals surface area contributed by atoms with Gasteiger partial charge in [-0.1, -0.05) is 333 Å². The third kappa shape index (κ3) is 65.1. The molecule has 6 heteroatoms. The number of unbranched alkanes of at least 4 members (excludes halogenated alkanes) is 52. The van der Waals surface area contributed by atoms with Crippen LogP contribution in [0.5, 0.6) is 0 Å². The number of rotatable bonds is 67. The highest BCUT2D eigenvalue weighted by molar-refractivity contribution is 5.76. The summed E-state index contributed by atoms with van der Waals surface area (Å²) in [6.45, 7) is 4.90. The number of esters is 1. The molecule has 0 spiro atoms. The van der Waals surface area contributed by atoms with E-state index in [0.29, 0.717) is 19.4 Å². The second-order valence-electron chi connectivity index (χ2n) is 24.6. The maximum atomic E-state index is 12.4. The number of nitrogens with one attached hydrogen (secondary N) is 1. The molecule has 79 heavy (non-hydrogen) atoms. The number of hydrogen-bond acceptors (Lipinski definition) is 5. The van der Waals surface area contributed by atoms with Gasteiger partial charge in [0, 0.05) is 12.8 Å². The standard InChI is InChI=1S/C73H139NO5/c1-3-5-7-9-11-13-15-16-43-47-51-55-59-63-67-73(78)79-68-64-60-56-52-48-44-41-39-37-35-33-31-29-27-25-23-21-19-17-18-20-22-24-26-28-30-32-34-36-38-40-42-46-50-54-58-62-66-72(77)74-70(69-75)71(76)65-61-57-53-49-45-14-12-10-8-6-4-2/h15-17,19,61,65,70-71,75-76H,3-14,18,20-60,62-64,66-69H2,1-2H3,(H,74,77)/b16-15-,19-17-,65-61+. The molecule has 0 bridgehead atoms. The molecular weight excluding hydrogens is 971 g/mol. The molecule has 0 aliphatic heterocycles. The Labute approximate surface area is 494 Å². The van der Waals surface area contributed by atoms with Crippen LogP contribution >= 0.6 is 0 Å². The van der Waals surface area contributed by atoms with Gasteiger partial charge >= 0.3 is 5.97 Å². The fourth-order valence-electron chi connectivity index (χ4n) is 11.2. The Hall–Kier alpha value is -1.92. The van der Waals surface area contributed by atoms with Crippen molar-refractivity contribution in [3.05, 3.63) is 36.5 Å². The lowest BCUT2D eigenvalue weighted by molar-refractivity contribution is -0.143. The van der Waals surface area contributed by atoms with Crippen LogP contribution in [0.2, 0.25) is 0 Å². The third-order valence-corrected chi connectivity index (χ3v) is 16.6. The van der Waals surface area contributed by atoms with Crippen molar-refractivity contribution in [2.24, 2.45) is 0 Å². The predicted molar refractivity (Wildman–Crippen MR) is 347 cm³/mol. The van der Waals surface area contributed by atoms with Crippen molar-refractivity contribution in [2.45, 2.75) is 405 Å². The molecule has 0 rings (SSSR count). The maximum absolute atomic E-state index is 12.4. The molecule has 466 valence electrons. The van der Waals surface area contributed by atoms with Gasteiger partial charge in [-0.25, -0.2) is 0 Å². The molecule has 0 heterocycles. The van der Waals surface area contributed by atoms with E-state index in [1.807, 2.05) is 6.08 Å². The Morgan fingerprint density at radius 1 is 0.342 bits per heavy atom. The summed E-state index contributed by atoms with van der Waals surface area (Å²) in [4.78, 5) is 24.5. The molecule has 0 aliphatic rings. The van der Waals surface area contributed by atoms with Crippen molar-refractivity contribution < 1.29 is 24.5 Å². The molecule has 6 nitrogen and oxygen atoms in total. The zero-order valence-electron chi connectivity index (χ0n) is 53.4. The summed E-state index contributed by atoms with van der Waals surface area (Å²) >= 11 is 0. The second kappa shape index (κ2) is 68.6. The van der Waals surface area contributed by atoms with Crippen molar-refractivity contribution in [1.82, 2.24) is 5.32 Å². The topological polar surface area (TPSA) is 95.9 Å². The third-order valence-electron chi connectivity index (χ3n) is 16.6. The Kier molecular flexibility index (Phi) is 66.9. The van der Waals surface area contributed by atoms with E-state index >= 15 is 0 Å². The van der Waals surface area contributed by atoms with Crippen molar-refractivity contribution in [2.75, 3.05) is 13.2 Å². The van der Waals surface area contributed by atoms with Gasteiger partial charge in [-0.15, -0.1) is 0 Å². The number of carbonyl (C=O) groups excluding carboxylic acids is 2. The average molecular weight is 1110 g/mol. The number of aliphatic hydroxyl groups is 2. The molecule has 0 aromatic rings. The Bertz CT molecular complexity index is 1280. The molecule has 0 radical (unpaired) electrons. The largest absolute Gasteiger partial charge is 0.466 e. The van der Waals surface area contributed by atoms with Gasteiger partial charge in [0.05, 0.1) is 25.4 Å². The first-order valence-electron chi connectivity index (χ1n) is 35.8. The monoisotopic (exact) mass is 1110 g/mol. The summed E-state index contributed by atoms with van der Waals surface area (Å²) in [7, 11) is 0. The molecule has 0 aliphatic carbocycles. The zero-order valence-corrected chi connectivity index (χ0v) is 53.4. The van der Waals surface area contributed by atoms with Crippen molar-refractivity contribution in [3.8, 4) is 0 Å². The minimum Gasteiger partial charge on any atom is -0.466 e. The van der Waals surface area contributed by atoms with Crippen LogP contribution in [0.25, 0.3) is 0 Å². The Balaban J connectivity index is 3.32. The van der Waals surface area contributed by atoms with Gasteiger partial charge in [0.15, 0.2) is 0 Å². The minimum atomic E-state index is -0.840.